The topological polar surface area (TPSA) is 17.1 Å². The number of allylic oxidation sites excluding steroid dienone is 2. The molecule has 0 amide bonds. The highest BCUT2D eigenvalue weighted by molar-refractivity contribution is 7.14. The molecule has 1 aliphatic carbocycles. The van der Waals surface area contributed by atoms with E-state index >= 15 is 0 Å². The first-order valence-corrected chi connectivity index (χ1v) is 11.3. The van der Waals surface area contributed by atoms with Crippen LogP contribution in [0.4, 0.5) is 0 Å². The molecule has 0 spiro atoms. The van der Waals surface area contributed by atoms with Crippen LogP contribution < -0.4 is 15.6 Å². The molecule has 0 saturated heterocycles. The summed E-state index contributed by atoms with van der Waals surface area (Å²) in [4.78, 5) is 13.1. The number of carbonyl (C=O) groups is 1. The summed E-state index contributed by atoms with van der Waals surface area (Å²) in [7, 11) is -2.49. The van der Waals surface area contributed by atoms with Crippen LogP contribution in [0, 0.1) is 0 Å². The van der Waals surface area contributed by atoms with E-state index in [2.05, 4.69) is 91.0 Å². The van der Waals surface area contributed by atoms with Gasteiger partial charge >= 0.3 is 0 Å². The number of benzene rings is 3. The largest absolute Gasteiger partial charge is 0.295 e. The van der Waals surface area contributed by atoms with Gasteiger partial charge in [-0.15, -0.1) is 0 Å². The monoisotopic (exact) mass is 354 g/mol. The SMILES string of the molecule is O=C1C=CCC[C@@H]1[Si](c1ccccc1)(c1ccccc1)c1ccccc1. The van der Waals surface area contributed by atoms with Gasteiger partial charge in [0.2, 0.25) is 0 Å². The molecular formula is C24H22OSi. The van der Waals surface area contributed by atoms with Gasteiger partial charge in [0, 0.05) is 5.54 Å². The van der Waals surface area contributed by atoms with Crippen molar-refractivity contribution in [2.75, 3.05) is 0 Å². The molecule has 0 unspecified atom stereocenters. The molecule has 26 heavy (non-hydrogen) atoms. The van der Waals surface area contributed by atoms with Crippen LogP contribution in [0.25, 0.3) is 0 Å². The molecule has 0 aromatic heterocycles. The normalized spacial score (nSPS) is 17.2. The average molecular weight is 355 g/mol. The minimum absolute atomic E-state index is 0.0275. The van der Waals surface area contributed by atoms with Crippen LogP contribution in [-0.2, 0) is 4.79 Å². The summed E-state index contributed by atoms with van der Waals surface area (Å²) in [5.41, 5.74) is 0.0275. The Morgan fingerprint density at radius 1 is 0.654 bits per heavy atom. The van der Waals surface area contributed by atoms with Crippen LogP contribution in [-0.4, -0.2) is 13.9 Å². The van der Waals surface area contributed by atoms with Gasteiger partial charge in [-0.1, -0.05) is 97.1 Å². The first-order chi connectivity index (χ1) is 12.8. The second kappa shape index (κ2) is 7.26. The van der Waals surface area contributed by atoms with E-state index in [9.17, 15) is 4.79 Å². The van der Waals surface area contributed by atoms with Crippen molar-refractivity contribution >= 4 is 29.4 Å². The smallest absolute Gasteiger partial charge is 0.158 e. The lowest BCUT2D eigenvalue weighted by Gasteiger charge is -2.40. The molecule has 0 bridgehead atoms. The third-order valence-electron chi connectivity index (χ3n) is 5.46. The highest BCUT2D eigenvalue weighted by Gasteiger charge is 2.48. The average Bonchev–Trinajstić information content (AvgIpc) is 2.72. The predicted molar refractivity (Wildman–Crippen MR) is 111 cm³/mol. The van der Waals surface area contributed by atoms with Gasteiger partial charge in [-0.05, 0) is 34.5 Å². The molecule has 1 nitrogen and oxygen atoms in total. The number of ketones is 1. The van der Waals surface area contributed by atoms with Crippen molar-refractivity contribution in [1.82, 2.24) is 0 Å². The fourth-order valence-electron chi connectivity index (χ4n) is 4.36. The van der Waals surface area contributed by atoms with Gasteiger partial charge < -0.3 is 0 Å². The molecule has 4 rings (SSSR count). The van der Waals surface area contributed by atoms with Crippen molar-refractivity contribution in [1.29, 1.82) is 0 Å². The molecule has 0 saturated carbocycles. The van der Waals surface area contributed by atoms with E-state index in [1.54, 1.807) is 0 Å². The minimum atomic E-state index is -2.49. The number of hydrogen-bond acceptors (Lipinski definition) is 1. The van der Waals surface area contributed by atoms with Gasteiger partial charge in [-0.25, -0.2) is 0 Å². The predicted octanol–water partition coefficient (Wildman–Crippen LogP) is 3.45. The summed E-state index contributed by atoms with van der Waals surface area (Å²) in [5, 5.41) is 3.93. The second-order valence-electron chi connectivity index (χ2n) is 6.84. The van der Waals surface area contributed by atoms with Crippen molar-refractivity contribution in [2.24, 2.45) is 0 Å². The van der Waals surface area contributed by atoms with Crippen molar-refractivity contribution < 1.29 is 4.79 Å². The Morgan fingerprint density at radius 3 is 1.46 bits per heavy atom. The van der Waals surface area contributed by atoms with Crippen molar-refractivity contribution in [3.05, 3.63) is 103 Å². The maximum absolute atomic E-state index is 13.1. The first-order valence-electron chi connectivity index (χ1n) is 9.20. The molecule has 0 aliphatic heterocycles. The molecule has 1 atom stereocenters. The zero-order valence-electron chi connectivity index (χ0n) is 14.7. The number of hydrogen-bond donors (Lipinski definition) is 0. The molecule has 0 fully saturated rings. The summed E-state index contributed by atoms with van der Waals surface area (Å²) in [5.74, 6) is 0.277. The van der Waals surface area contributed by atoms with Gasteiger partial charge in [-0.2, -0.15) is 0 Å². The third-order valence-corrected chi connectivity index (χ3v) is 10.8. The number of carbonyl (C=O) groups excluding carboxylic acids is 1. The van der Waals surface area contributed by atoms with Crippen LogP contribution in [0.5, 0.6) is 0 Å². The molecule has 0 radical (unpaired) electrons. The van der Waals surface area contributed by atoms with Crippen molar-refractivity contribution in [3.8, 4) is 0 Å². The molecule has 0 heterocycles. The molecule has 128 valence electrons. The fourth-order valence-corrected chi connectivity index (χ4v) is 9.84. The van der Waals surface area contributed by atoms with E-state index < -0.39 is 8.07 Å². The van der Waals surface area contributed by atoms with Crippen molar-refractivity contribution in [3.63, 3.8) is 0 Å². The second-order valence-corrected chi connectivity index (χ2v) is 10.9. The highest BCUT2D eigenvalue weighted by atomic mass is 28.3. The molecule has 1 aliphatic rings. The van der Waals surface area contributed by atoms with Crippen LogP contribution in [0.3, 0.4) is 0 Å². The molecule has 2 heteroatoms. The Bertz CT molecular complexity index is 804. The van der Waals surface area contributed by atoms with Crippen LogP contribution in [0.15, 0.2) is 103 Å². The van der Waals surface area contributed by atoms with Gasteiger partial charge in [0.1, 0.15) is 0 Å². The zero-order chi connectivity index (χ0) is 17.8. The molecule has 3 aromatic carbocycles. The quantitative estimate of drug-likeness (QED) is 0.518. The van der Waals surface area contributed by atoms with E-state index in [0.29, 0.717) is 0 Å². The maximum Gasteiger partial charge on any atom is 0.158 e. The van der Waals surface area contributed by atoms with Crippen LogP contribution >= 0.6 is 0 Å². The van der Waals surface area contributed by atoms with Crippen LogP contribution in [0.2, 0.25) is 5.54 Å². The van der Waals surface area contributed by atoms with E-state index in [1.165, 1.54) is 15.6 Å². The lowest BCUT2D eigenvalue weighted by atomic mass is 10.1. The van der Waals surface area contributed by atoms with Gasteiger partial charge in [-0.3, -0.25) is 4.79 Å². The summed E-state index contributed by atoms with van der Waals surface area (Å²) < 4.78 is 0. The molecular weight excluding hydrogens is 332 g/mol. The number of rotatable bonds is 4. The van der Waals surface area contributed by atoms with Crippen molar-refractivity contribution in [2.45, 2.75) is 18.4 Å². The van der Waals surface area contributed by atoms with Gasteiger partial charge in [0.15, 0.2) is 13.9 Å². The highest BCUT2D eigenvalue weighted by Crippen LogP contribution is 2.31. The standard InChI is InChI=1S/C24H22OSi/c25-23-18-10-11-19-24(23)26(20-12-4-1-5-13-20,21-14-6-2-7-15-21)22-16-8-3-9-17-22/h1-10,12-18,24H,11,19H2/t24-/m0/s1. The Balaban J connectivity index is 2.07. The third kappa shape index (κ3) is 2.77. The maximum atomic E-state index is 13.1. The Kier molecular flexibility index (Phi) is 4.68. The van der Waals surface area contributed by atoms with Gasteiger partial charge in [0.05, 0.1) is 0 Å². The summed E-state index contributed by atoms with van der Waals surface area (Å²) in [6, 6.07) is 32.1. The molecule has 3 aromatic rings. The Labute approximate surface area is 156 Å². The van der Waals surface area contributed by atoms with Gasteiger partial charge in [0.25, 0.3) is 0 Å². The lowest BCUT2D eigenvalue weighted by molar-refractivity contribution is -0.115. The molecule has 0 N–H and O–H groups in total. The zero-order valence-corrected chi connectivity index (χ0v) is 15.7. The van der Waals surface area contributed by atoms with Crippen LogP contribution in [0.1, 0.15) is 12.8 Å². The van der Waals surface area contributed by atoms with E-state index in [4.69, 9.17) is 0 Å². The minimum Gasteiger partial charge on any atom is -0.295 e. The fraction of sp³-hybridized carbons (Fsp3) is 0.125. The first kappa shape index (κ1) is 16.7. The lowest BCUT2D eigenvalue weighted by Crippen LogP contribution is -2.71. The summed E-state index contributed by atoms with van der Waals surface area (Å²) >= 11 is 0. The van der Waals surface area contributed by atoms with E-state index in [-0.39, 0.29) is 11.3 Å². The Hall–Kier alpha value is -2.71. The van der Waals surface area contributed by atoms with E-state index in [1.807, 2.05) is 12.2 Å². The summed E-state index contributed by atoms with van der Waals surface area (Å²) in [6.45, 7) is 0. The summed E-state index contributed by atoms with van der Waals surface area (Å²) in [6.07, 6.45) is 5.72. The Morgan fingerprint density at radius 2 is 1.08 bits per heavy atom. The van der Waals surface area contributed by atoms with E-state index in [0.717, 1.165) is 12.8 Å².